The second-order valence-electron chi connectivity index (χ2n) is 2.71. The van der Waals surface area contributed by atoms with Crippen molar-refractivity contribution in [2.24, 2.45) is 5.73 Å². The molecule has 1 unspecified atom stereocenters. The van der Waals surface area contributed by atoms with E-state index >= 15 is 0 Å². The Morgan fingerprint density at radius 2 is 2.38 bits per heavy atom. The van der Waals surface area contributed by atoms with E-state index in [0.717, 1.165) is 15.6 Å². The molecule has 0 bridgehead atoms. The fourth-order valence-corrected chi connectivity index (χ4v) is 1.74. The van der Waals surface area contributed by atoms with Crippen LogP contribution in [0.2, 0.25) is 0 Å². The first kappa shape index (κ1) is 8.33. The highest BCUT2D eigenvalue weighted by atomic mass is 32.1. The highest BCUT2D eigenvalue weighted by Crippen LogP contribution is 2.25. The van der Waals surface area contributed by atoms with Gasteiger partial charge in [-0.3, -0.25) is 0 Å². The molecule has 0 saturated carbocycles. The summed E-state index contributed by atoms with van der Waals surface area (Å²) in [5.41, 5.74) is 6.47. The highest BCUT2D eigenvalue weighted by molar-refractivity contribution is 7.15. The average Bonchev–Trinajstić information content (AvgIpc) is 2.75. The zero-order valence-electron chi connectivity index (χ0n) is 7.06. The number of aromatic amines is 1. The number of thiazole rings is 1. The first-order chi connectivity index (χ1) is 6.27. The molecule has 0 fully saturated rings. The molecule has 0 aliphatic rings. The number of hydrogen-bond acceptors (Lipinski definition) is 5. The Morgan fingerprint density at radius 1 is 1.54 bits per heavy atom. The summed E-state index contributed by atoms with van der Waals surface area (Å²) < 4.78 is 0. The van der Waals surface area contributed by atoms with Crippen LogP contribution in [-0.4, -0.2) is 20.4 Å². The average molecular weight is 195 g/mol. The Labute approximate surface area is 79.0 Å². The molecule has 0 aliphatic carbocycles. The first-order valence-electron chi connectivity index (χ1n) is 3.85. The van der Waals surface area contributed by atoms with E-state index in [0.29, 0.717) is 0 Å². The molecule has 0 aliphatic heterocycles. The van der Waals surface area contributed by atoms with Crippen molar-refractivity contribution in [3.8, 4) is 10.7 Å². The zero-order valence-corrected chi connectivity index (χ0v) is 7.88. The lowest BCUT2D eigenvalue weighted by Gasteiger charge is -1.96. The van der Waals surface area contributed by atoms with Gasteiger partial charge in [-0.1, -0.05) is 0 Å². The van der Waals surface area contributed by atoms with Gasteiger partial charge in [-0.15, -0.1) is 11.3 Å². The quantitative estimate of drug-likeness (QED) is 0.747. The van der Waals surface area contributed by atoms with Gasteiger partial charge in [-0.05, 0) is 6.92 Å². The second kappa shape index (κ2) is 3.23. The summed E-state index contributed by atoms with van der Waals surface area (Å²) in [6.45, 7) is 1.93. The standard InChI is InChI=1S/C7H9N5S/c1-4(8)6-3-9-7(13-6)5-2-10-12-11-5/h2-4H,8H2,1H3,(H,10,11,12). The van der Waals surface area contributed by atoms with Gasteiger partial charge in [0.1, 0.15) is 10.7 Å². The number of H-pyrrole nitrogens is 1. The molecule has 0 amide bonds. The van der Waals surface area contributed by atoms with Crippen molar-refractivity contribution < 1.29 is 0 Å². The molecule has 0 spiro atoms. The maximum atomic E-state index is 5.71. The van der Waals surface area contributed by atoms with Gasteiger partial charge in [-0.2, -0.15) is 15.4 Å². The number of hydrogen-bond donors (Lipinski definition) is 2. The lowest BCUT2D eigenvalue weighted by molar-refractivity contribution is 0.835. The van der Waals surface area contributed by atoms with Crippen LogP contribution < -0.4 is 5.73 Å². The van der Waals surface area contributed by atoms with Crippen LogP contribution in [0, 0.1) is 0 Å². The van der Waals surface area contributed by atoms with E-state index in [2.05, 4.69) is 20.4 Å². The minimum atomic E-state index is 0.0261. The van der Waals surface area contributed by atoms with Gasteiger partial charge in [-0.25, -0.2) is 4.98 Å². The molecule has 0 saturated heterocycles. The maximum Gasteiger partial charge on any atom is 0.145 e. The molecule has 2 heterocycles. The van der Waals surface area contributed by atoms with Gasteiger partial charge in [0.05, 0.1) is 6.20 Å². The summed E-state index contributed by atoms with van der Waals surface area (Å²) in [5, 5.41) is 11.0. The fourth-order valence-electron chi connectivity index (χ4n) is 0.920. The Balaban J connectivity index is 2.33. The Kier molecular flexibility index (Phi) is 2.07. The van der Waals surface area contributed by atoms with Gasteiger partial charge >= 0.3 is 0 Å². The van der Waals surface area contributed by atoms with Crippen LogP contribution in [0.3, 0.4) is 0 Å². The van der Waals surface area contributed by atoms with Gasteiger partial charge in [0.2, 0.25) is 0 Å². The third-order valence-electron chi connectivity index (χ3n) is 1.61. The van der Waals surface area contributed by atoms with Crippen LogP contribution in [0.25, 0.3) is 10.7 Å². The number of aromatic nitrogens is 4. The topological polar surface area (TPSA) is 80.5 Å². The van der Waals surface area contributed by atoms with Crippen molar-refractivity contribution in [3.63, 3.8) is 0 Å². The molecule has 2 rings (SSSR count). The smallest absolute Gasteiger partial charge is 0.145 e. The molecule has 0 aromatic carbocycles. The van der Waals surface area contributed by atoms with E-state index in [9.17, 15) is 0 Å². The maximum absolute atomic E-state index is 5.71. The van der Waals surface area contributed by atoms with E-state index < -0.39 is 0 Å². The highest BCUT2D eigenvalue weighted by Gasteiger charge is 2.08. The van der Waals surface area contributed by atoms with Crippen molar-refractivity contribution in [3.05, 3.63) is 17.3 Å². The van der Waals surface area contributed by atoms with Crippen LogP contribution >= 0.6 is 11.3 Å². The normalized spacial score (nSPS) is 13.1. The lowest BCUT2D eigenvalue weighted by Crippen LogP contribution is -2.01. The number of rotatable bonds is 2. The van der Waals surface area contributed by atoms with E-state index in [1.165, 1.54) is 0 Å². The Bertz CT molecular complexity index is 377. The number of nitrogens with zero attached hydrogens (tertiary/aromatic N) is 3. The molecule has 2 aromatic rings. The minimum Gasteiger partial charge on any atom is -0.323 e. The van der Waals surface area contributed by atoms with E-state index in [4.69, 9.17) is 5.73 Å². The van der Waals surface area contributed by atoms with Crippen molar-refractivity contribution in [1.82, 2.24) is 20.4 Å². The summed E-state index contributed by atoms with van der Waals surface area (Å²) in [7, 11) is 0. The molecular weight excluding hydrogens is 186 g/mol. The Hall–Kier alpha value is -1.27. The second-order valence-corrected chi connectivity index (χ2v) is 3.77. The van der Waals surface area contributed by atoms with Crippen molar-refractivity contribution in [1.29, 1.82) is 0 Å². The molecule has 2 aromatic heterocycles. The first-order valence-corrected chi connectivity index (χ1v) is 4.66. The fraction of sp³-hybridized carbons (Fsp3) is 0.286. The monoisotopic (exact) mass is 195 g/mol. The predicted octanol–water partition coefficient (Wildman–Crippen LogP) is 0.948. The summed E-state index contributed by atoms with van der Waals surface area (Å²) in [5.74, 6) is 0. The molecular formula is C7H9N5S. The molecule has 13 heavy (non-hydrogen) atoms. The molecule has 5 nitrogen and oxygen atoms in total. The third kappa shape index (κ3) is 1.58. The van der Waals surface area contributed by atoms with Gasteiger partial charge in [0.15, 0.2) is 0 Å². The SMILES string of the molecule is CC(N)c1cnc(-c2cn[nH]n2)s1. The van der Waals surface area contributed by atoms with Crippen LogP contribution in [0.15, 0.2) is 12.4 Å². The summed E-state index contributed by atoms with van der Waals surface area (Å²) in [4.78, 5) is 5.25. The molecule has 6 heteroatoms. The zero-order chi connectivity index (χ0) is 9.26. The van der Waals surface area contributed by atoms with Gasteiger partial charge < -0.3 is 5.73 Å². The minimum absolute atomic E-state index is 0.0261. The van der Waals surface area contributed by atoms with E-state index in [1.807, 2.05) is 6.92 Å². The molecule has 1 atom stereocenters. The van der Waals surface area contributed by atoms with Crippen LogP contribution in [0.5, 0.6) is 0 Å². The van der Waals surface area contributed by atoms with Gasteiger partial charge in [0, 0.05) is 17.1 Å². The van der Waals surface area contributed by atoms with E-state index in [1.54, 1.807) is 23.7 Å². The van der Waals surface area contributed by atoms with Crippen molar-refractivity contribution in [2.45, 2.75) is 13.0 Å². The third-order valence-corrected chi connectivity index (χ3v) is 2.83. The van der Waals surface area contributed by atoms with Crippen molar-refractivity contribution in [2.75, 3.05) is 0 Å². The summed E-state index contributed by atoms with van der Waals surface area (Å²) >= 11 is 1.54. The van der Waals surface area contributed by atoms with Gasteiger partial charge in [0.25, 0.3) is 0 Å². The Morgan fingerprint density at radius 3 is 2.92 bits per heavy atom. The largest absolute Gasteiger partial charge is 0.323 e. The summed E-state index contributed by atoms with van der Waals surface area (Å²) in [6, 6.07) is 0.0261. The summed E-state index contributed by atoms with van der Waals surface area (Å²) in [6.07, 6.45) is 3.42. The van der Waals surface area contributed by atoms with Crippen LogP contribution in [-0.2, 0) is 0 Å². The number of nitrogens with two attached hydrogens (primary N) is 1. The number of nitrogens with one attached hydrogen (secondary N) is 1. The lowest BCUT2D eigenvalue weighted by atomic mass is 10.3. The van der Waals surface area contributed by atoms with Crippen molar-refractivity contribution >= 4 is 11.3 Å². The molecule has 3 N–H and O–H groups in total. The van der Waals surface area contributed by atoms with Crippen LogP contribution in [0.4, 0.5) is 0 Å². The molecule has 0 radical (unpaired) electrons. The predicted molar refractivity (Wildman–Crippen MR) is 50.1 cm³/mol. The molecule has 68 valence electrons. The van der Waals surface area contributed by atoms with E-state index in [-0.39, 0.29) is 6.04 Å². The van der Waals surface area contributed by atoms with Crippen LogP contribution in [0.1, 0.15) is 17.8 Å².